The maximum Gasteiger partial charge on any atom is 0.123 e. The van der Waals surface area contributed by atoms with E-state index in [-0.39, 0.29) is 18.0 Å². The topological polar surface area (TPSA) is 21.3 Å². The summed E-state index contributed by atoms with van der Waals surface area (Å²) in [6.07, 6.45) is 1.12. The van der Waals surface area contributed by atoms with E-state index in [0.29, 0.717) is 12.0 Å². The number of halogens is 1. The van der Waals surface area contributed by atoms with Crippen molar-refractivity contribution in [2.24, 2.45) is 5.92 Å². The first-order valence-electron chi connectivity index (χ1n) is 6.16. The average molecular weight is 237 g/mol. The quantitative estimate of drug-likeness (QED) is 0.872. The van der Waals surface area contributed by atoms with Crippen molar-refractivity contribution < 1.29 is 9.13 Å². The molecule has 1 heterocycles. The van der Waals surface area contributed by atoms with Crippen LogP contribution in [-0.2, 0) is 4.74 Å². The molecule has 1 saturated heterocycles. The van der Waals surface area contributed by atoms with Crippen molar-refractivity contribution in [1.82, 2.24) is 5.32 Å². The van der Waals surface area contributed by atoms with Crippen LogP contribution in [0.2, 0.25) is 0 Å². The van der Waals surface area contributed by atoms with Gasteiger partial charge in [0.1, 0.15) is 5.82 Å². The minimum atomic E-state index is -0.175. The Bertz CT molecular complexity index is 380. The summed E-state index contributed by atoms with van der Waals surface area (Å²) in [5.74, 6) is 0.338. The average Bonchev–Trinajstić information content (AvgIpc) is 2.73. The summed E-state index contributed by atoms with van der Waals surface area (Å²) in [6, 6.07) is 7.35. The van der Waals surface area contributed by atoms with Gasteiger partial charge in [0.15, 0.2) is 0 Å². The summed E-state index contributed by atoms with van der Waals surface area (Å²) in [7, 11) is 1.75. The van der Waals surface area contributed by atoms with E-state index in [4.69, 9.17) is 4.74 Å². The van der Waals surface area contributed by atoms with Crippen LogP contribution >= 0.6 is 0 Å². The first-order chi connectivity index (χ1) is 8.11. The van der Waals surface area contributed by atoms with Crippen molar-refractivity contribution in [3.05, 3.63) is 35.6 Å². The van der Waals surface area contributed by atoms with Crippen molar-refractivity contribution in [3.63, 3.8) is 0 Å². The molecule has 0 radical (unpaired) electrons. The molecule has 0 bridgehead atoms. The van der Waals surface area contributed by atoms with E-state index in [9.17, 15) is 4.39 Å². The second kappa shape index (κ2) is 5.15. The lowest BCUT2D eigenvalue weighted by Crippen LogP contribution is -2.36. The zero-order valence-electron chi connectivity index (χ0n) is 10.6. The fraction of sp³-hybridized carbons (Fsp3) is 0.571. The van der Waals surface area contributed by atoms with Crippen molar-refractivity contribution in [3.8, 4) is 0 Å². The van der Waals surface area contributed by atoms with Gasteiger partial charge in [-0.05, 0) is 30.0 Å². The fourth-order valence-corrected chi connectivity index (χ4v) is 2.61. The Morgan fingerprint density at radius 3 is 2.71 bits per heavy atom. The van der Waals surface area contributed by atoms with Crippen LogP contribution in [0.25, 0.3) is 0 Å². The minimum Gasteiger partial charge on any atom is -0.380 e. The Morgan fingerprint density at radius 2 is 2.18 bits per heavy atom. The molecule has 0 amide bonds. The molecule has 94 valence electrons. The third-order valence-electron chi connectivity index (χ3n) is 3.53. The van der Waals surface area contributed by atoms with E-state index in [1.54, 1.807) is 19.2 Å². The molecule has 0 spiro atoms. The predicted molar refractivity (Wildman–Crippen MR) is 66.3 cm³/mol. The lowest BCUT2D eigenvalue weighted by Gasteiger charge is -2.21. The lowest BCUT2D eigenvalue weighted by molar-refractivity contribution is 0.0779. The Hall–Kier alpha value is -0.930. The van der Waals surface area contributed by atoms with Crippen LogP contribution in [0.3, 0.4) is 0 Å². The van der Waals surface area contributed by atoms with E-state index in [1.807, 2.05) is 6.07 Å². The number of nitrogens with one attached hydrogen (secondary N) is 1. The van der Waals surface area contributed by atoms with Crippen LogP contribution in [0, 0.1) is 11.7 Å². The molecule has 0 saturated carbocycles. The summed E-state index contributed by atoms with van der Waals surface area (Å²) >= 11 is 0. The largest absolute Gasteiger partial charge is 0.380 e. The zero-order chi connectivity index (χ0) is 12.4. The van der Waals surface area contributed by atoms with E-state index in [2.05, 4.69) is 19.2 Å². The molecule has 1 aromatic carbocycles. The molecular weight excluding hydrogens is 217 g/mol. The minimum absolute atomic E-state index is 0.175. The molecule has 1 aliphatic heterocycles. The van der Waals surface area contributed by atoms with Gasteiger partial charge in [-0.3, -0.25) is 0 Å². The standard InChI is InChI=1S/C14H20FNO/c1-9(2)14-13(17-3)8-12(16-14)10-5-4-6-11(15)7-10/h4-7,9,12-14,16H,8H2,1-3H3/t12-,13+,14?/m0/s1. The molecule has 2 nitrogen and oxygen atoms in total. The molecule has 0 aliphatic carbocycles. The highest BCUT2D eigenvalue weighted by molar-refractivity contribution is 5.22. The van der Waals surface area contributed by atoms with Crippen LogP contribution in [-0.4, -0.2) is 19.3 Å². The molecule has 1 aliphatic rings. The first-order valence-corrected chi connectivity index (χ1v) is 6.16. The molecule has 0 aromatic heterocycles. The Kier molecular flexibility index (Phi) is 3.79. The second-order valence-corrected chi connectivity index (χ2v) is 5.05. The summed E-state index contributed by atoms with van der Waals surface area (Å²) in [4.78, 5) is 0. The van der Waals surface area contributed by atoms with Gasteiger partial charge in [-0.25, -0.2) is 4.39 Å². The van der Waals surface area contributed by atoms with Gasteiger partial charge in [0.2, 0.25) is 0 Å². The SMILES string of the molecule is CO[C@@H]1C[C@@H](c2cccc(F)c2)NC1C(C)C. The highest BCUT2D eigenvalue weighted by atomic mass is 19.1. The van der Waals surface area contributed by atoms with Crippen LogP contribution in [0.1, 0.15) is 31.9 Å². The highest BCUT2D eigenvalue weighted by Crippen LogP contribution is 2.31. The molecule has 1 N–H and O–H groups in total. The Labute approximate surface area is 102 Å². The van der Waals surface area contributed by atoms with Crippen molar-refractivity contribution in [2.75, 3.05) is 7.11 Å². The zero-order valence-corrected chi connectivity index (χ0v) is 10.6. The Morgan fingerprint density at radius 1 is 1.41 bits per heavy atom. The number of methoxy groups -OCH3 is 1. The summed E-state index contributed by atoms with van der Waals surface area (Å²) in [6.45, 7) is 4.36. The van der Waals surface area contributed by atoms with E-state index < -0.39 is 0 Å². The van der Waals surface area contributed by atoms with Gasteiger partial charge in [-0.15, -0.1) is 0 Å². The van der Waals surface area contributed by atoms with Crippen LogP contribution in [0.15, 0.2) is 24.3 Å². The third kappa shape index (κ3) is 2.67. The summed E-state index contributed by atoms with van der Waals surface area (Å²) < 4.78 is 18.7. The van der Waals surface area contributed by atoms with Gasteiger partial charge in [0.05, 0.1) is 6.10 Å². The lowest BCUT2D eigenvalue weighted by atomic mass is 9.99. The molecular formula is C14H20FNO. The van der Waals surface area contributed by atoms with E-state index >= 15 is 0 Å². The number of ether oxygens (including phenoxy) is 1. The number of rotatable bonds is 3. The summed E-state index contributed by atoms with van der Waals surface area (Å²) in [5.41, 5.74) is 1.01. The molecule has 3 atom stereocenters. The predicted octanol–water partition coefficient (Wildman–Crippen LogP) is 2.90. The van der Waals surface area contributed by atoms with Gasteiger partial charge in [0, 0.05) is 19.2 Å². The fourth-order valence-electron chi connectivity index (χ4n) is 2.61. The van der Waals surface area contributed by atoms with Gasteiger partial charge < -0.3 is 10.1 Å². The second-order valence-electron chi connectivity index (χ2n) is 5.05. The molecule has 2 rings (SSSR count). The number of benzene rings is 1. The maximum atomic E-state index is 13.2. The smallest absolute Gasteiger partial charge is 0.123 e. The number of hydrogen-bond donors (Lipinski definition) is 1. The normalized spacial score (nSPS) is 28.9. The molecule has 1 aromatic rings. The maximum absolute atomic E-state index is 13.2. The van der Waals surface area contributed by atoms with Crippen LogP contribution in [0.4, 0.5) is 4.39 Å². The molecule has 1 fully saturated rings. The van der Waals surface area contributed by atoms with Crippen molar-refractivity contribution in [1.29, 1.82) is 0 Å². The monoisotopic (exact) mass is 237 g/mol. The first kappa shape index (κ1) is 12.5. The molecule has 3 heteroatoms. The van der Waals surface area contributed by atoms with Gasteiger partial charge in [-0.2, -0.15) is 0 Å². The third-order valence-corrected chi connectivity index (χ3v) is 3.53. The molecule has 17 heavy (non-hydrogen) atoms. The van der Waals surface area contributed by atoms with Gasteiger partial charge >= 0.3 is 0 Å². The number of hydrogen-bond acceptors (Lipinski definition) is 2. The van der Waals surface area contributed by atoms with Gasteiger partial charge in [0.25, 0.3) is 0 Å². The van der Waals surface area contributed by atoms with E-state index in [1.165, 1.54) is 6.07 Å². The van der Waals surface area contributed by atoms with E-state index in [0.717, 1.165) is 12.0 Å². The van der Waals surface area contributed by atoms with Crippen molar-refractivity contribution >= 4 is 0 Å². The van der Waals surface area contributed by atoms with Crippen molar-refractivity contribution in [2.45, 2.75) is 38.5 Å². The highest BCUT2D eigenvalue weighted by Gasteiger charge is 2.36. The Balaban J connectivity index is 2.15. The van der Waals surface area contributed by atoms with Gasteiger partial charge in [-0.1, -0.05) is 26.0 Å². The van der Waals surface area contributed by atoms with Crippen LogP contribution < -0.4 is 5.32 Å². The molecule has 1 unspecified atom stereocenters. The summed E-state index contributed by atoms with van der Waals surface area (Å²) in [5, 5.41) is 3.54. The van der Waals surface area contributed by atoms with Crippen LogP contribution in [0.5, 0.6) is 0 Å².